The van der Waals surface area contributed by atoms with Gasteiger partial charge in [-0.1, -0.05) is 109 Å². The van der Waals surface area contributed by atoms with Crippen LogP contribution in [0.2, 0.25) is 0 Å². The van der Waals surface area contributed by atoms with Crippen LogP contribution in [0.25, 0.3) is 11.1 Å². The molecular weight excluding hydrogens is 427 g/mol. The maximum Gasteiger partial charge on any atom is 0.0350 e. The molecule has 0 aliphatic carbocycles. The number of benzene rings is 4. The fourth-order valence-electron chi connectivity index (χ4n) is 3.46. The highest BCUT2D eigenvalue weighted by Gasteiger charge is 2.20. The van der Waals surface area contributed by atoms with Gasteiger partial charge in [-0.25, -0.2) is 0 Å². The van der Waals surface area contributed by atoms with Gasteiger partial charge in [0.05, 0.1) is 0 Å². The monoisotopic (exact) mass is 446 g/mol. The third-order valence-corrected chi connectivity index (χ3v) is 5.89. The Balaban J connectivity index is 1.90. The largest absolute Gasteiger partial charge is 0.0622 e. The van der Waals surface area contributed by atoms with Gasteiger partial charge < -0.3 is 0 Å². The summed E-state index contributed by atoms with van der Waals surface area (Å²) >= 11 is 2.51. The van der Waals surface area contributed by atoms with Gasteiger partial charge in [0.25, 0.3) is 0 Å². The molecule has 0 N–H and O–H groups in total. The van der Waals surface area contributed by atoms with Gasteiger partial charge in [-0.3, -0.25) is 0 Å². The molecule has 4 rings (SSSR count). The van der Waals surface area contributed by atoms with Crippen LogP contribution in [-0.4, -0.2) is 0 Å². The summed E-state index contributed by atoms with van der Waals surface area (Å²) in [5, 5.41) is 0. The summed E-state index contributed by atoms with van der Waals surface area (Å²) < 4.78 is 1.31. The quantitative estimate of drug-likeness (QED) is 0.231. The van der Waals surface area contributed by atoms with Crippen LogP contribution in [-0.2, 0) is 0 Å². The van der Waals surface area contributed by atoms with E-state index in [0.717, 1.165) is 0 Å². The van der Waals surface area contributed by atoms with Crippen molar-refractivity contribution < 1.29 is 0 Å². The third-order valence-electron chi connectivity index (χ3n) is 4.69. The lowest BCUT2D eigenvalue weighted by Gasteiger charge is -2.22. The maximum absolute atomic E-state index is 2.51. The molecular formula is C25H19I. The highest BCUT2D eigenvalue weighted by atomic mass is 127. The van der Waals surface area contributed by atoms with E-state index in [2.05, 4.69) is 132 Å². The second kappa shape index (κ2) is 7.88. The topological polar surface area (TPSA) is 0 Å². The Kier molecular flexibility index (Phi) is 5.16. The molecule has 1 heteroatoms. The molecule has 0 aliphatic rings. The van der Waals surface area contributed by atoms with Gasteiger partial charge in [0.2, 0.25) is 0 Å². The smallest absolute Gasteiger partial charge is 0.0350 e. The van der Waals surface area contributed by atoms with Crippen molar-refractivity contribution in [2.24, 2.45) is 0 Å². The average Bonchev–Trinajstić information content (AvgIpc) is 2.72. The fraction of sp³-hybridized carbons (Fsp3) is 0.0400. The van der Waals surface area contributed by atoms with Crippen molar-refractivity contribution in [1.29, 1.82) is 0 Å². The summed E-state index contributed by atoms with van der Waals surface area (Å²) in [7, 11) is 0. The Morgan fingerprint density at radius 1 is 0.500 bits per heavy atom. The molecule has 0 heterocycles. The first-order valence-electron chi connectivity index (χ1n) is 8.78. The number of halogens is 1. The van der Waals surface area contributed by atoms with Crippen LogP contribution in [0.3, 0.4) is 0 Å². The van der Waals surface area contributed by atoms with Crippen LogP contribution in [0, 0.1) is 3.57 Å². The molecule has 0 aliphatic heterocycles. The van der Waals surface area contributed by atoms with E-state index in [1.807, 2.05) is 0 Å². The second-order valence-electron chi connectivity index (χ2n) is 6.33. The molecule has 26 heavy (non-hydrogen) atoms. The first-order chi connectivity index (χ1) is 12.8. The summed E-state index contributed by atoms with van der Waals surface area (Å²) in [5.41, 5.74) is 6.55. The molecule has 0 bridgehead atoms. The van der Waals surface area contributed by atoms with Crippen molar-refractivity contribution in [3.63, 3.8) is 0 Å². The molecule has 0 atom stereocenters. The molecule has 0 saturated carbocycles. The van der Waals surface area contributed by atoms with E-state index in [9.17, 15) is 0 Å². The molecule has 0 aromatic heterocycles. The lowest BCUT2D eigenvalue weighted by molar-refractivity contribution is 0.970. The van der Waals surface area contributed by atoms with E-state index in [1.54, 1.807) is 0 Å². The first kappa shape index (κ1) is 17.0. The summed E-state index contributed by atoms with van der Waals surface area (Å²) in [6, 6.07) is 38.8. The Hall–Kier alpha value is -2.39. The van der Waals surface area contributed by atoms with E-state index in [1.165, 1.54) is 31.4 Å². The van der Waals surface area contributed by atoms with E-state index in [4.69, 9.17) is 0 Å². The van der Waals surface area contributed by atoms with Gasteiger partial charge in [-0.05, 0) is 50.4 Å². The van der Waals surface area contributed by atoms with Crippen molar-refractivity contribution in [3.8, 4) is 11.1 Å². The molecule has 0 saturated heterocycles. The van der Waals surface area contributed by atoms with Gasteiger partial charge in [0, 0.05) is 9.49 Å². The minimum absolute atomic E-state index is 0.230. The standard InChI is InChI=1S/C25H19I/c26-25-22(19-11-4-1-5-12-19)17-10-18-23(25)24(20-13-6-2-7-14-20)21-15-8-3-9-16-21/h1-18,24H. The maximum atomic E-state index is 2.51. The Morgan fingerprint density at radius 3 is 1.54 bits per heavy atom. The van der Waals surface area contributed by atoms with Crippen LogP contribution in [0.5, 0.6) is 0 Å². The minimum Gasteiger partial charge on any atom is -0.0622 e. The molecule has 0 radical (unpaired) electrons. The summed E-state index contributed by atoms with van der Waals surface area (Å²) in [6.07, 6.45) is 0. The van der Waals surface area contributed by atoms with Gasteiger partial charge in [0.1, 0.15) is 0 Å². The number of hydrogen-bond acceptors (Lipinski definition) is 0. The molecule has 0 nitrogen and oxygen atoms in total. The molecule has 126 valence electrons. The van der Waals surface area contributed by atoms with Crippen molar-refractivity contribution in [1.82, 2.24) is 0 Å². The zero-order valence-corrected chi connectivity index (χ0v) is 16.5. The lowest BCUT2D eigenvalue weighted by atomic mass is 9.84. The van der Waals surface area contributed by atoms with Crippen molar-refractivity contribution in [2.45, 2.75) is 5.92 Å². The first-order valence-corrected chi connectivity index (χ1v) is 9.86. The predicted molar refractivity (Wildman–Crippen MR) is 118 cm³/mol. The van der Waals surface area contributed by atoms with Crippen LogP contribution in [0.1, 0.15) is 22.6 Å². The van der Waals surface area contributed by atoms with Crippen LogP contribution in [0.15, 0.2) is 109 Å². The van der Waals surface area contributed by atoms with E-state index >= 15 is 0 Å². The summed E-state index contributed by atoms with van der Waals surface area (Å²) in [4.78, 5) is 0. The average molecular weight is 446 g/mol. The zero-order chi connectivity index (χ0) is 17.8. The van der Waals surface area contributed by atoms with Crippen molar-refractivity contribution in [2.75, 3.05) is 0 Å². The number of rotatable bonds is 4. The highest BCUT2D eigenvalue weighted by molar-refractivity contribution is 14.1. The molecule has 0 amide bonds. The molecule has 4 aromatic rings. The lowest BCUT2D eigenvalue weighted by Crippen LogP contribution is -2.06. The SMILES string of the molecule is Ic1c(-c2ccccc2)cccc1C(c1ccccc1)c1ccccc1. The van der Waals surface area contributed by atoms with Gasteiger partial charge in [-0.2, -0.15) is 0 Å². The van der Waals surface area contributed by atoms with Gasteiger partial charge >= 0.3 is 0 Å². The van der Waals surface area contributed by atoms with Gasteiger partial charge in [0.15, 0.2) is 0 Å². The Labute approximate surface area is 168 Å². The van der Waals surface area contributed by atoms with Crippen molar-refractivity contribution >= 4 is 22.6 Å². The van der Waals surface area contributed by atoms with E-state index in [-0.39, 0.29) is 5.92 Å². The summed E-state index contributed by atoms with van der Waals surface area (Å²) in [6.45, 7) is 0. The molecule has 0 spiro atoms. The van der Waals surface area contributed by atoms with Gasteiger partial charge in [-0.15, -0.1) is 0 Å². The Bertz CT molecular complexity index is 937. The predicted octanol–water partition coefficient (Wildman–Crippen LogP) is 7.14. The third kappa shape index (κ3) is 3.45. The van der Waals surface area contributed by atoms with Crippen LogP contribution >= 0.6 is 22.6 Å². The number of hydrogen-bond donors (Lipinski definition) is 0. The molecule has 4 aromatic carbocycles. The van der Waals surface area contributed by atoms with Crippen molar-refractivity contribution in [3.05, 3.63) is 129 Å². The van der Waals surface area contributed by atoms with Crippen LogP contribution in [0.4, 0.5) is 0 Å². The highest BCUT2D eigenvalue weighted by Crippen LogP contribution is 2.38. The second-order valence-corrected chi connectivity index (χ2v) is 7.41. The molecule has 0 unspecified atom stereocenters. The zero-order valence-electron chi connectivity index (χ0n) is 14.3. The van der Waals surface area contributed by atoms with E-state index < -0.39 is 0 Å². The van der Waals surface area contributed by atoms with E-state index in [0.29, 0.717) is 0 Å². The minimum atomic E-state index is 0.230. The molecule has 0 fully saturated rings. The normalized spacial score (nSPS) is 10.8. The fourth-order valence-corrected chi connectivity index (χ4v) is 4.44. The summed E-state index contributed by atoms with van der Waals surface area (Å²) in [5.74, 6) is 0.230. The Morgan fingerprint density at radius 2 is 1.00 bits per heavy atom. The van der Waals surface area contributed by atoms with Crippen LogP contribution < -0.4 is 0 Å².